The van der Waals surface area contributed by atoms with Gasteiger partial charge in [-0.1, -0.05) is 11.6 Å². The van der Waals surface area contributed by atoms with Gasteiger partial charge in [-0.15, -0.1) is 0 Å². The molecule has 4 rings (SSSR count). The van der Waals surface area contributed by atoms with E-state index in [2.05, 4.69) is 20.6 Å². The minimum Gasteiger partial charge on any atom is -0.471 e. The van der Waals surface area contributed by atoms with E-state index < -0.39 is 0 Å². The zero-order chi connectivity index (χ0) is 20.9. The maximum absolute atomic E-state index is 12.5. The Bertz CT molecular complexity index is 1130. The van der Waals surface area contributed by atoms with Crippen molar-refractivity contribution in [3.63, 3.8) is 0 Å². The number of anilines is 1. The Morgan fingerprint density at radius 3 is 2.63 bits per heavy atom. The fourth-order valence-electron chi connectivity index (χ4n) is 2.78. The van der Waals surface area contributed by atoms with Crippen LogP contribution >= 0.6 is 11.6 Å². The lowest BCUT2D eigenvalue weighted by Gasteiger charge is -2.06. The number of hydrogen-bond donors (Lipinski definition) is 1. The molecular formula is C20H20ClN7O2. The lowest BCUT2D eigenvalue weighted by atomic mass is 10.3. The van der Waals surface area contributed by atoms with Crippen molar-refractivity contribution in [3.8, 4) is 5.75 Å². The van der Waals surface area contributed by atoms with Crippen LogP contribution in [0.5, 0.6) is 5.75 Å². The molecule has 1 amide bonds. The molecule has 30 heavy (non-hydrogen) atoms. The third-order valence-electron chi connectivity index (χ3n) is 4.30. The van der Waals surface area contributed by atoms with Crippen LogP contribution in [-0.2, 0) is 19.8 Å². The van der Waals surface area contributed by atoms with Gasteiger partial charge in [-0.2, -0.15) is 15.3 Å². The highest BCUT2D eigenvalue weighted by Crippen LogP contribution is 2.16. The highest BCUT2D eigenvalue weighted by Gasteiger charge is 2.11. The molecule has 3 heterocycles. The first-order chi connectivity index (χ1) is 14.6. The van der Waals surface area contributed by atoms with Crippen LogP contribution in [-0.4, -0.2) is 35.2 Å². The van der Waals surface area contributed by atoms with Gasteiger partial charge in [0.15, 0.2) is 12.4 Å². The van der Waals surface area contributed by atoms with Crippen LogP contribution in [0.2, 0.25) is 5.02 Å². The minimum atomic E-state index is -0.321. The summed E-state index contributed by atoms with van der Waals surface area (Å²) in [5.41, 5.74) is 1.92. The van der Waals surface area contributed by atoms with Crippen LogP contribution in [0.1, 0.15) is 23.0 Å². The average Bonchev–Trinajstić information content (AvgIpc) is 3.49. The Morgan fingerprint density at radius 2 is 1.87 bits per heavy atom. The van der Waals surface area contributed by atoms with Crippen molar-refractivity contribution in [2.75, 3.05) is 5.32 Å². The number of carbonyl (C=O) groups is 1. The van der Waals surface area contributed by atoms with E-state index in [9.17, 15) is 4.79 Å². The van der Waals surface area contributed by atoms with Gasteiger partial charge in [-0.05, 0) is 37.3 Å². The maximum atomic E-state index is 12.5. The Hall–Kier alpha value is -3.59. The molecule has 154 valence electrons. The largest absolute Gasteiger partial charge is 0.471 e. The monoisotopic (exact) mass is 425 g/mol. The molecule has 9 nitrogen and oxygen atoms in total. The van der Waals surface area contributed by atoms with Crippen LogP contribution in [0.4, 0.5) is 5.69 Å². The van der Waals surface area contributed by atoms with Crippen molar-refractivity contribution in [1.29, 1.82) is 0 Å². The summed E-state index contributed by atoms with van der Waals surface area (Å²) >= 11 is 5.86. The minimum absolute atomic E-state index is 0.179. The first-order valence-corrected chi connectivity index (χ1v) is 9.74. The number of rotatable bonds is 8. The van der Waals surface area contributed by atoms with Gasteiger partial charge in [-0.25, -0.2) is 4.68 Å². The van der Waals surface area contributed by atoms with E-state index in [-0.39, 0.29) is 18.3 Å². The molecule has 1 N–H and O–H groups in total. The molecule has 0 atom stereocenters. The number of carbonyl (C=O) groups excluding carboxylic acids is 1. The summed E-state index contributed by atoms with van der Waals surface area (Å²) in [6.07, 6.45) is 8.82. The third-order valence-corrected chi connectivity index (χ3v) is 4.55. The molecule has 0 unspecified atom stereocenters. The van der Waals surface area contributed by atoms with Crippen molar-refractivity contribution in [2.24, 2.45) is 0 Å². The molecule has 4 aromatic rings. The van der Waals surface area contributed by atoms with Crippen molar-refractivity contribution in [1.82, 2.24) is 29.3 Å². The molecule has 0 radical (unpaired) electrons. The van der Waals surface area contributed by atoms with Gasteiger partial charge in [0.25, 0.3) is 5.91 Å². The number of amides is 1. The first kappa shape index (κ1) is 19.7. The van der Waals surface area contributed by atoms with E-state index in [1.54, 1.807) is 58.3 Å². The normalized spacial score (nSPS) is 10.9. The first-order valence-electron chi connectivity index (χ1n) is 9.36. The Kier molecular flexibility index (Phi) is 5.80. The van der Waals surface area contributed by atoms with E-state index in [0.717, 1.165) is 12.1 Å². The van der Waals surface area contributed by atoms with Crippen LogP contribution in [0.15, 0.2) is 61.3 Å². The van der Waals surface area contributed by atoms with Crippen molar-refractivity contribution in [2.45, 2.75) is 26.7 Å². The van der Waals surface area contributed by atoms with Crippen molar-refractivity contribution in [3.05, 3.63) is 77.6 Å². The van der Waals surface area contributed by atoms with E-state index in [4.69, 9.17) is 16.3 Å². The zero-order valence-electron chi connectivity index (χ0n) is 16.3. The summed E-state index contributed by atoms with van der Waals surface area (Å²) in [4.78, 5) is 12.5. The molecular weight excluding hydrogens is 406 g/mol. The molecule has 10 heteroatoms. The molecule has 0 spiro atoms. The average molecular weight is 426 g/mol. The second kappa shape index (κ2) is 8.83. The summed E-state index contributed by atoms with van der Waals surface area (Å²) in [6.45, 7) is 3.60. The Labute approximate surface area is 177 Å². The predicted octanol–water partition coefficient (Wildman–Crippen LogP) is 3.29. The number of ether oxygens (including phenoxy) is 1. The molecule has 0 aliphatic carbocycles. The van der Waals surface area contributed by atoms with Crippen LogP contribution in [0, 0.1) is 0 Å². The van der Waals surface area contributed by atoms with E-state index in [1.165, 1.54) is 0 Å². The highest BCUT2D eigenvalue weighted by molar-refractivity contribution is 6.30. The number of benzene rings is 1. The molecule has 3 aromatic heterocycles. The Balaban J connectivity index is 1.32. The lowest BCUT2D eigenvalue weighted by Crippen LogP contribution is -2.14. The summed E-state index contributed by atoms with van der Waals surface area (Å²) in [5, 5.41) is 16.2. The van der Waals surface area contributed by atoms with Gasteiger partial charge < -0.3 is 10.1 Å². The summed E-state index contributed by atoms with van der Waals surface area (Å²) in [7, 11) is 0. The summed E-state index contributed by atoms with van der Waals surface area (Å²) < 4.78 is 10.8. The van der Waals surface area contributed by atoms with Gasteiger partial charge >= 0.3 is 0 Å². The molecule has 0 aliphatic rings. The van der Waals surface area contributed by atoms with Crippen molar-refractivity contribution < 1.29 is 9.53 Å². The fourth-order valence-corrected chi connectivity index (χ4v) is 2.91. The number of aryl methyl sites for hydroxylation is 1. The molecule has 0 saturated heterocycles. The number of halogens is 1. The molecule has 0 bridgehead atoms. The van der Waals surface area contributed by atoms with E-state index in [0.29, 0.717) is 23.0 Å². The quantitative estimate of drug-likeness (QED) is 0.467. The van der Waals surface area contributed by atoms with Crippen LogP contribution in [0.3, 0.4) is 0 Å². The Morgan fingerprint density at radius 1 is 1.07 bits per heavy atom. The number of hydrogen-bond acceptors (Lipinski definition) is 5. The maximum Gasteiger partial charge on any atom is 0.276 e. The fraction of sp³-hybridized carbons (Fsp3) is 0.200. The summed E-state index contributed by atoms with van der Waals surface area (Å²) in [6, 6.07) is 8.66. The highest BCUT2D eigenvalue weighted by atomic mass is 35.5. The van der Waals surface area contributed by atoms with Gasteiger partial charge in [0.1, 0.15) is 5.75 Å². The summed E-state index contributed by atoms with van der Waals surface area (Å²) in [5.74, 6) is 0.344. The van der Waals surface area contributed by atoms with E-state index >= 15 is 0 Å². The smallest absolute Gasteiger partial charge is 0.276 e. The zero-order valence-corrected chi connectivity index (χ0v) is 17.0. The van der Waals surface area contributed by atoms with Crippen LogP contribution in [0.25, 0.3) is 0 Å². The SMILES string of the molecule is CCn1cc(Cn2cc(NC(=O)c3ccn(COc4ccc(Cl)cc4)n3)cn2)cn1. The van der Waals surface area contributed by atoms with Gasteiger partial charge in [0, 0.05) is 35.7 Å². The number of nitrogens with zero attached hydrogens (tertiary/aromatic N) is 6. The standard InChI is InChI=1S/C20H20ClN7O2/c1-2-26-11-15(9-22-26)12-28-13-17(10-23-28)24-20(29)19-7-8-27(25-19)14-30-18-5-3-16(21)4-6-18/h3-11,13H,2,12,14H2,1H3,(H,24,29). The van der Waals surface area contributed by atoms with Gasteiger partial charge in [-0.3, -0.25) is 14.2 Å². The molecule has 0 fully saturated rings. The van der Waals surface area contributed by atoms with Crippen LogP contribution < -0.4 is 10.1 Å². The topological polar surface area (TPSA) is 91.8 Å². The second-order valence-electron chi connectivity index (χ2n) is 6.55. The van der Waals surface area contributed by atoms with Gasteiger partial charge in [0.2, 0.25) is 0 Å². The molecule has 0 aliphatic heterocycles. The van der Waals surface area contributed by atoms with Gasteiger partial charge in [0.05, 0.1) is 24.6 Å². The predicted molar refractivity (Wildman–Crippen MR) is 111 cm³/mol. The van der Waals surface area contributed by atoms with E-state index in [1.807, 2.05) is 24.0 Å². The number of aromatic nitrogens is 6. The lowest BCUT2D eigenvalue weighted by molar-refractivity contribution is 0.102. The molecule has 0 saturated carbocycles. The van der Waals surface area contributed by atoms with Crippen molar-refractivity contribution >= 4 is 23.2 Å². The number of nitrogens with one attached hydrogen (secondary N) is 1. The second-order valence-corrected chi connectivity index (χ2v) is 6.99. The third kappa shape index (κ3) is 4.87. The molecule has 1 aromatic carbocycles.